The van der Waals surface area contributed by atoms with Gasteiger partial charge in [0.05, 0.1) is 0 Å². The van der Waals surface area contributed by atoms with Gasteiger partial charge in [0.2, 0.25) is 0 Å². The summed E-state index contributed by atoms with van der Waals surface area (Å²) >= 11 is 0. The minimum atomic E-state index is -3.02. The molecule has 0 bridgehead atoms. The summed E-state index contributed by atoms with van der Waals surface area (Å²) in [6, 6.07) is 55.9. The van der Waals surface area contributed by atoms with Crippen LogP contribution in [0.4, 0.5) is 0 Å². The van der Waals surface area contributed by atoms with E-state index in [0.29, 0.717) is 0 Å². The van der Waals surface area contributed by atoms with Crippen LogP contribution in [0, 0.1) is 0 Å². The molecule has 226 valence electrons. The molecule has 0 spiro atoms. The van der Waals surface area contributed by atoms with Crippen molar-refractivity contribution in [2.75, 3.05) is 0 Å². The van der Waals surface area contributed by atoms with E-state index in [-0.39, 0.29) is 0 Å². The Kier molecular flexibility index (Phi) is 8.40. The van der Waals surface area contributed by atoms with Crippen molar-refractivity contribution < 1.29 is 4.57 Å². The molecule has 0 aliphatic rings. The molecule has 0 atom stereocenters. The maximum absolute atomic E-state index is 14.8. The van der Waals surface area contributed by atoms with Crippen molar-refractivity contribution in [3.05, 3.63) is 188 Å². The van der Waals surface area contributed by atoms with E-state index in [1.54, 1.807) is 0 Å². The van der Waals surface area contributed by atoms with Gasteiger partial charge < -0.3 is 4.57 Å². The first kappa shape index (κ1) is 30.2. The molecule has 0 aliphatic heterocycles. The third kappa shape index (κ3) is 5.50. The Morgan fingerprint density at radius 1 is 0.447 bits per heavy atom. The number of hydrogen-bond acceptors (Lipinski definition) is 1. The highest BCUT2D eigenvalue weighted by Gasteiger charge is 2.29. The van der Waals surface area contributed by atoms with Crippen molar-refractivity contribution in [1.82, 2.24) is 0 Å². The second kappa shape index (κ2) is 13.1. The van der Waals surface area contributed by atoms with Crippen LogP contribution < -0.4 is 15.9 Å². The molecule has 0 aromatic heterocycles. The van der Waals surface area contributed by atoms with Gasteiger partial charge in [-0.25, -0.2) is 0 Å². The molecule has 0 amide bonds. The molecule has 47 heavy (non-hydrogen) atoms. The summed E-state index contributed by atoms with van der Waals surface area (Å²) in [5, 5.41) is 4.92. The second-order valence-electron chi connectivity index (χ2n) is 11.6. The quantitative estimate of drug-likeness (QED) is 0.154. The standard InChI is InChI=1S/C45H35OP/c1-3-16-41-40(4-2)44(35-17-8-5-9-18-35)42-23-14-15-24-43(42)45(41)36-27-25-33(26-28-36)34-29-31-39(32-30-34)47(46,37-19-10-6-11-20-37)38-21-12-7-13-22-38/h3-32H,2H2,1H3/b16-3-. The van der Waals surface area contributed by atoms with Gasteiger partial charge in [0.25, 0.3) is 0 Å². The number of rotatable bonds is 8. The first-order valence-electron chi connectivity index (χ1n) is 16.0. The molecule has 0 heterocycles. The maximum atomic E-state index is 14.8. The van der Waals surface area contributed by atoms with E-state index in [9.17, 15) is 4.57 Å². The zero-order chi connectivity index (χ0) is 32.2. The molecule has 0 unspecified atom stereocenters. The number of fused-ring (bicyclic) bond motifs is 1. The van der Waals surface area contributed by atoms with Crippen LogP contribution in [0.2, 0.25) is 0 Å². The average Bonchev–Trinajstić information content (AvgIpc) is 3.15. The van der Waals surface area contributed by atoms with Crippen molar-refractivity contribution in [3.8, 4) is 33.4 Å². The average molecular weight is 623 g/mol. The molecular weight excluding hydrogens is 587 g/mol. The molecule has 7 rings (SSSR count). The summed E-state index contributed by atoms with van der Waals surface area (Å²) in [6.07, 6.45) is 6.30. The fourth-order valence-corrected chi connectivity index (χ4v) is 9.32. The van der Waals surface area contributed by atoms with Crippen LogP contribution in [-0.4, -0.2) is 0 Å². The van der Waals surface area contributed by atoms with Crippen LogP contribution in [0.5, 0.6) is 0 Å². The van der Waals surface area contributed by atoms with E-state index in [1.807, 2.05) is 78.9 Å². The van der Waals surface area contributed by atoms with Crippen LogP contribution in [0.25, 0.3) is 56.3 Å². The largest absolute Gasteiger partial charge is 0.309 e. The highest BCUT2D eigenvalue weighted by atomic mass is 31.2. The van der Waals surface area contributed by atoms with Gasteiger partial charge >= 0.3 is 0 Å². The molecule has 7 aromatic carbocycles. The lowest BCUT2D eigenvalue weighted by Crippen LogP contribution is -2.24. The first-order valence-corrected chi connectivity index (χ1v) is 17.7. The van der Waals surface area contributed by atoms with Crippen LogP contribution in [-0.2, 0) is 4.57 Å². The molecule has 2 heteroatoms. The van der Waals surface area contributed by atoms with E-state index in [2.05, 4.69) is 117 Å². The summed E-state index contributed by atoms with van der Waals surface area (Å²) in [4.78, 5) is 0. The summed E-state index contributed by atoms with van der Waals surface area (Å²) < 4.78 is 14.8. The van der Waals surface area contributed by atoms with Gasteiger partial charge in [-0.1, -0.05) is 189 Å². The Hall–Kier alpha value is -5.49. The summed E-state index contributed by atoms with van der Waals surface area (Å²) in [6.45, 7) is 6.33. The van der Waals surface area contributed by atoms with Gasteiger partial charge in [-0.05, 0) is 62.2 Å². The first-order chi connectivity index (χ1) is 23.1. The summed E-state index contributed by atoms with van der Waals surface area (Å²) in [5.74, 6) is 0. The highest BCUT2D eigenvalue weighted by Crippen LogP contribution is 2.44. The van der Waals surface area contributed by atoms with Gasteiger partial charge in [-0.2, -0.15) is 0 Å². The van der Waals surface area contributed by atoms with Crippen molar-refractivity contribution in [3.63, 3.8) is 0 Å². The van der Waals surface area contributed by atoms with Crippen LogP contribution in [0.3, 0.4) is 0 Å². The van der Waals surface area contributed by atoms with Gasteiger partial charge in [-0.3, -0.25) is 0 Å². The highest BCUT2D eigenvalue weighted by molar-refractivity contribution is 7.85. The zero-order valence-corrected chi connectivity index (χ0v) is 27.3. The van der Waals surface area contributed by atoms with Crippen molar-refractivity contribution in [2.24, 2.45) is 0 Å². The van der Waals surface area contributed by atoms with Gasteiger partial charge in [0.1, 0.15) is 0 Å². The Labute approximate surface area is 277 Å². The maximum Gasteiger partial charge on any atom is 0.171 e. The molecule has 0 fully saturated rings. The zero-order valence-electron chi connectivity index (χ0n) is 26.4. The predicted octanol–water partition coefficient (Wildman–Crippen LogP) is 11.2. The van der Waals surface area contributed by atoms with Crippen LogP contribution in [0.1, 0.15) is 18.1 Å². The fraction of sp³-hybridized carbons (Fsp3) is 0.0222. The summed E-state index contributed by atoms with van der Waals surface area (Å²) in [7, 11) is -3.02. The second-order valence-corrected chi connectivity index (χ2v) is 14.4. The van der Waals surface area contributed by atoms with Gasteiger partial charge in [-0.15, -0.1) is 0 Å². The third-order valence-electron chi connectivity index (χ3n) is 8.87. The molecule has 0 saturated carbocycles. The normalized spacial score (nSPS) is 11.6. The van der Waals surface area contributed by atoms with Gasteiger partial charge in [0, 0.05) is 15.9 Å². The van der Waals surface area contributed by atoms with Crippen molar-refractivity contribution in [1.29, 1.82) is 0 Å². The van der Waals surface area contributed by atoms with E-state index in [4.69, 9.17) is 0 Å². The third-order valence-corrected chi connectivity index (χ3v) is 11.9. The van der Waals surface area contributed by atoms with E-state index in [1.165, 1.54) is 27.5 Å². The van der Waals surface area contributed by atoms with E-state index in [0.717, 1.165) is 43.7 Å². The number of benzene rings is 7. The van der Waals surface area contributed by atoms with Crippen LogP contribution in [0.15, 0.2) is 176 Å². The molecule has 0 aliphatic carbocycles. The number of allylic oxidation sites excluding steroid dienone is 1. The smallest absolute Gasteiger partial charge is 0.171 e. The topological polar surface area (TPSA) is 17.1 Å². The van der Waals surface area contributed by atoms with Gasteiger partial charge in [0.15, 0.2) is 7.14 Å². The molecule has 0 radical (unpaired) electrons. The Bertz CT molecular complexity index is 2210. The Morgan fingerprint density at radius 3 is 1.32 bits per heavy atom. The van der Waals surface area contributed by atoms with E-state index >= 15 is 0 Å². The predicted molar refractivity (Wildman–Crippen MR) is 204 cm³/mol. The summed E-state index contributed by atoms with van der Waals surface area (Å²) in [5.41, 5.74) is 9.20. The van der Waals surface area contributed by atoms with Crippen molar-refractivity contribution in [2.45, 2.75) is 6.92 Å². The minimum Gasteiger partial charge on any atom is -0.309 e. The lowest BCUT2D eigenvalue weighted by atomic mass is 9.83. The molecule has 1 nitrogen and oxygen atoms in total. The minimum absolute atomic E-state index is 0.827. The SMILES string of the molecule is C=Cc1c(/C=C\C)c(-c2ccc(-c3ccc(P(=O)(c4ccccc4)c4ccccc4)cc3)cc2)c2ccccc2c1-c1ccccc1. The Morgan fingerprint density at radius 2 is 0.830 bits per heavy atom. The molecular formula is C45H35OP. The lowest BCUT2D eigenvalue weighted by molar-refractivity contribution is 0.592. The number of hydrogen-bond donors (Lipinski definition) is 0. The molecule has 7 aromatic rings. The molecule has 0 saturated heterocycles. The Balaban J connectivity index is 1.31. The van der Waals surface area contributed by atoms with E-state index < -0.39 is 7.14 Å². The monoisotopic (exact) mass is 622 g/mol. The fourth-order valence-electron chi connectivity index (χ4n) is 6.67. The lowest BCUT2D eigenvalue weighted by Gasteiger charge is -2.21. The van der Waals surface area contributed by atoms with Crippen molar-refractivity contribution >= 4 is 46.0 Å². The molecule has 0 N–H and O–H groups in total. The van der Waals surface area contributed by atoms with Crippen LogP contribution >= 0.6 is 7.14 Å².